The van der Waals surface area contributed by atoms with Crippen LogP contribution < -0.4 is 0 Å². The normalized spacial score (nSPS) is 27.6. The van der Waals surface area contributed by atoms with Gasteiger partial charge < -0.3 is 64.2 Å². The van der Waals surface area contributed by atoms with Gasteiger partial charge in [-0.3, -0.25) is 9.59 Å². The van der Waals surface area contributed by atoms with Gasteiger partial charge in [-0.1, -0.05) is 107 Å². The van der Waals surface area contributed by atoms with E-state index in [0.29, 0.717) is 12.8 Å². The highest BCUT2D eigenvalue weighted by Gasteiger charge is 2.47. The number of unbranched alkanes of at least 4 members (excludes halogenated alkanes) is 9. The van der Waals surface area contributed by atoms with Crippen LogP contribution in [0.3, 0.4) is 0 Å². The highest BCUT2D eigenvalue weighted by atomic mass is 16.7. The molecule has 2 fully saturated rings. The summed E-state index contributed by atoms with van der Waals surface area (Å²) < 4.78 is 33.4. The van der Waals surface area contributed by atoms with Crippen molar-refractivity contribution in [3.8, 4) is 0 Å². The largest absolute Gasteiger partial charge is 0.462 e. The molecule has 11 atom stereocenters. The summed E-state index contributed by atoms with van der Waals surface area (Å²) >= 11 is 0. The van der Waals surface area contributed by atoms with Gasteiger partial charge in [0.2, 0.25) is 0 Å². The molecular weight excluding hydrogens is 805 g/mol. The predicted octanol–water partition coefficient (Wildman–Crippen LogP) is 4.92. The first-order chi connectivity index (χ1) is 30.0. The van der Waals surface area contributed by atoms with E-state index in [1.165, 1.54) is 0 Å². The number of hydrogen-bond acceptors (Lipinski definition) is 15. The molecule has 2 heterocycles. The highest BCUT2D eigenvalue weighted by molar-refractivity contribution is 5.70. The van der Waals surface area contributed by atoms with Crippen LogP contribution in [0, 0.1) is 0 Å². The summed E-state index contributed by atoms with van der Waals surface area (Å²) in [5.74, 6) is -0.985. The Hall–Kier alpha value is -2.80. The lowest BCUT2D eigenvalue weighted by molar-refractivity contribution is -0.332. The molecule has 7 N–H and O–H groups in total. The van der Waals surface area contributed by atoms with Crippen molar-refractivity contribution in [3.63, 3.8) is 0 Å². The van der Waals surface area contributed by atoms with Crippen LogP contribution in [0.1, 0.15) is 129 Å². The molecule has 0 aliphatic carbocycles. The number of ether oxygens (including phenoxy) is 6. The Morgan fingerprint density at radius 1 is 0.532 bits per heavy atom. The van der Waals surface area contributed by atoms with Crippen LogP contribution in [0.25, 0.3) is 0 Å². The Balaban J connectivity index is 1.88. The maximum atomic E-state index is 12.9. The van der Waals surface area contributed by atoms with Crippen LogP contribution in [0.2, 0.25) is 0 Å². The van der Waals surface area contributed by atoms with E-state index in [-0.39, 0.29) is 19.4 Å². The first kappa shape index (κ1) is 55.3. The first-order valence-corrected chi connectivity index (χ1v) is 22.9. The molecule has 15 heteroatoms. The fraction of sp³-hybridized carbons (Fsp3) is 0.745. The first-order valence-electron chi connectivity index (χ1n) is 22.9. The number of hydrogen-bond donors (Lipinski definition) is 7. The summed E-state index contributed by atoms with van der Waals surface area (Å²) in [5.41, 5.74) is 0. The van der Waals surface area contributed by atoms with Crippen LogP contribution in [0.4, 0.5) is 0 Å². The van der Waals surface area contributed by atoms with E-state index < -0.39 is 99.3 Å². The lowest BCUT2D eigenvalue weighted by Crippen LogP contribution is -2.61. The predicted molar refractivity (Wildman–Crippen MR) is 233 cm³/mol. The average Bonchev–Trinajstić information content (AvgIpc) is 3.26. The molecule has 0 amide bonds. The summed E-state index contributed by atoms with van der Waals surface area (Å²) in [6.45, 7) is 2.32. The molecule has 2 saturated heterocycles. The number of carbonyl (C=O) groups excluding carboxylic acids is 2. The second kappa shape index (κ2) is 34.6. The van der Waals surface area contributed by atoms with Crippen molar-refractivity contribution in [3.05, 3.63) is 60.8 Å². The maximum Gasteiger partial charge on any atom is 0.306 e. The van der Waals surface area contributed by atoms with E-state index in [0.717, 1.165) is 89.9 Å². The van der Waals surface area contributed by atoms with Crippen molar-refractivity contribution >= 4 is 11.9 Å². The van der Waals surface area contributed by atoms with Gasteiger partial charge in [0.1, 0.15) is 55.4 Å². The van der Waals surface area contributed by atoms with Crippen molar-refractivity contribution in [2.24, 2.45) is 0 Å². The average molecular weight is 883 g/mol. The Kier molecular flexibility index (Phi) is 30.9. The maximum absolute atomic E-state index is 12.9. The van der Waals surface area contributed by atoms with Gasteiger partial charge in [-0.25, -0.2) is 0 Å². The van der Waals surface area contributed by atoms with E-state index >= 15 is 0 Å². The van der Waals surface area contributed by atoms with Gasteiger partial charge in [0.15, 0.2) is 18.7 Å². The Labute approximate surface area is 369 Å². The third kappa shape index (κ3) is 23.2. The molecule has 2 aliphatic heterocycles. The molecule has 0 radical (unpaired) electrons. The number of allylic oxidation sites excluding steroid dienone is 10. The van der Waals surface area contributed by atoms with Crippen molar-refractivity contribution in [2.75, 3.05) is 26.4 Å². The fourth-order valence-electron chi connectivity index (χ4n) is 6.68. The fourth-order valence-corrected chi connectivity index (χ4v) is 6.68. The minimum absolute atomic E-state index is 0.124. The van der Waals surface area contributed by atoms with Gasteiger partial charge in [-0.15, -0.1) is 0 Å². The van der Waals surface area contributed by atoms with E-state index in [1.54, 1.807) is 0 Å². The van der Waals surface area contributed by atoms with E-state index in [2.05, 4.69) is 74.6 Å². The van der Waals surface area contributed by atoms with Crippen molar-refractivity contribution < 1.29 is 73.8 Å². The summed E-state index contributed by atoms with van der Waals surface area (Å²) in [4.78, 5) is 25.6. The smallest absolute Gasteiger partial charge is 0.306 e. The Morgan fingerprint density at radius 3 is 1.61 bits per heavy atom. The molecule has 0 saturated carbocycles. The molecule has 0 aromatic heterocycles. The summed E-state index contributed by atoms with van der Waals surface area (Å²) in [6, 6.07) is 0. The summed E-state index contributed by atoms with van der Waals surface area (Å²) in [6.07, 6.45) is 19.8. The Morgan fingerprint density at radius 2 is 1.02 bits per heavy atom. The molecule has 0 spiro atoms. The molecule has 62 heavy (non-hydrogen) atoms. The summed E-state index contributed by atoms with van der Waals surface area (Å²) in [7, 11) is 0. The number of carbonyl (C=O) groups is 2. The van der Waals surface area contributed by atoms with Crippen LogP contribution in [-0.2, 0) is 38.0 Å². The van der Waals surface area contributed by atoms with Crippen LogP contribution in [0.5, 0.6) is 0 Å². The lowest BCUT2D eigenvalue weighted by Gasteiger charge is -2.42. The molecule has 2 rings (SSSR count). The third-order valence-corrected chi connectivity index (χ3v) is 10.5. The monoisotopic (exact) mass is 883 g/mol. The molecule has 2 aliphatic rings. The van der Waals surface area contributed by atoms with E-state index in [1.807, 2.05) is 0 Å². The zero-order valence-electron chi connectivity index (χ0n) is 37.1. The van der Waals surface area contributed by atoms with Crippen molar-refractivity contribution in [1.82, 2.24) is 0 Å². The number of aliphatic hydroxyl groups is 7. The van der Waals surface area contributed by atoms with E-state index in [4.69, 9.17) is 28.4 Å². The van der Waals surface area contributed by atoms with Gasteiger partial charge >= 0.3 is 11.9 Å². The van der Waals surface area contributed by atoms with Gasteiger partial charge in [-0.05, 0) is 70.6 Å². The second-order valence-corrected chi connectivity index (χ2v) is 15.8. The standard InChI is InChI=1S/C47H78O15/c1-3-5-7-9-11-13-15-17-19-21-23-25-27-29-38(49)57-32-35(60-39(50)30-28-26-24-22-20-18-16-14-12-10-8-6-4-2)33-58-46-45(56)43(54)41(52)37(62-46)34-59-47-44(55)42(53)40(51)36(31-48)61-47/h6-9,12-15,18,20,35-37,40-48,51-56H,3-5,10-11,16-17,19,21-34H2,1-2H3/b8-6-,9-7-,14-12-,15-13-,20-18-. The van der Waals surface area contributed by atoms with Crippen LogP contribution >= 0.6 is 0 Å². The molecule has 15 nitrogen and oxygen atoms in total. The van der Waals surface area contributed by atoms with Gasteiger partial charge in [0.25, 0.3) is 0 Å². The van der Waals surface area contributed by atoms with Crippen molar-refractivity contribution in [1.29, 1.82) is 0 Å². The molecule has 11 unspecified atom stereocenters. The van der Waals surface area contributed by atoms with Gasteiger partial charge in [0.05, 0.1) is 19.8 Å². The topological polar surface area (TPSA) is 231 Å². The molecule has 0 aromatic rings. The van der Waals surface area contributed by atoms with Crippen LogP contribution in [0.15, 0.2) is 60.8 Å². The van der Waals surface area contributed by atoms with Crippen LogP contribution in [-0.4, -0.2) is 142 Å². The highest BCUT2D eigenvalue weighted by Crippen LogP contribution is 2.26. The third-order valence-electron chi connectivity index (χ3n) is 10.5. The number of rotatable bonds is 33. The molecule has 0 aromatic carbocycles. The lowest BCUT2D eigenvalue weighted by atomic mass is 9.98. The Bertz CT molecular complexity index is 1320. The number of esters is 2. The molecular formula is C47H78O15. The molecule has 356 valence electrons. The molecule has 0 bridgehead atoms. The van der Waals surface area contributed by atoms with Gasteiger partial charge in [0, 0.05) is 12.8 Å². The van der Waals surface area contributed by atoms with Gasteiger partial charge in [-0.2, -0.15) is 0 Å². The SMILES string of the molecule is CC/C=C\C/C=C\C/C=C\CCCCCC(=O)OC(COC(=O)CCCCCCC/C=C\C/C=C\CCC)COC1OC(COC2OC(CO)C(O)C(O)C2O)C(O)C(O)C1O. The van der Waals surface area contributed by atoms with Crippen molar-refractivity contribution in [2.45, 2.75) is 197 Å². The minimum Gasteiger partial charge on any atom is -0.462 e. The second-order valence-electron chi connectivity index (χ2n) is 15.8. The number of aliphatic hydroxyl groups excluding tert-OH is 7. The minimum atomic E-state index is -1.77. The quantitative estimate of drug-likeness (QED) is 0.0263. The summed E-state index contributed by atoms with van der Waals surface area (Å²) in [5, 5.41) is 71.8. The van der Waals surface area contributed by atoms with E-state index in [9.17, 15) is 45.3 Å². The zero-order chi connectivity index (χ0) is 45.4. The zero-order valence-corrected chi connectivity index (χ0v) is 37.1.